The van der Waals surface area contributed by atoms with E-state index in [2.05, 4.69) is 25.9 Å². The monoisotopic (exact) mass is 255 g/mol. The smallest absolute Gasteiger partial charge is 0.136 e. The van der Waals surface area contributed by atoms with Crippen LogP contribution in [0.1, 0.15) is 30.8 Å². The third-order valence-corrected chi connectivity index (χ3v) is 3.87. The lowest BCUT2D eigenvalue weighted by molar-refractivity contribution is 0.237. The largest absolute Gasteiger partial charge is 0.329 e. The Hall–Kier alpha value is -0.480. The molecule has 1 heterocycles. The molecule has 1 aromatic heterocycles. The van der Waals surface area contributed by atoms with E-state index in [-0.39, 0.29) is 5.41 Å². The fraction of sp³-hybridized carbons (Fsp3) is 0.600. The van der Waals surface area contributed by atoms with Crippen molar-refractivity contribution in [1.29, 1.82) is 0 Å². The van der Waals surface area contributed by atoms with Crippen LogP contribution in [0.5, 0.6) is 0 Å². The summed E-state index contributed by atoms with van der Waals surface area (Å²) in [6, 6.07) is 0. The molecule has 4 heteroatoms. The Morgan fingerprint density at radius 3 is 2.71 bits per heavy atom. The van der Waals surface area contributed by atoms with E-state index < -0.39 is 0 Å². The highest BCUT2D eigenvalue weighted by Crippen LogP contribution is 2.41. The molecular weight excluding hydrogens is 242 g/mol. The third-order valence-electron chi connectivity index (χ3n) is 3.10. The number of hydrogen-bond donors (Lipinski definition) is 1. The summed E-state index contributed by atoms with van der Waals surface area (Å²) in [5, 5.41) is 0. The first-order valence-corrected chi connectivity index (χ1v) is 5.67. The first kappa shape index (κ1) is 10.1. The molecule has 0 bridgehead atoms. The molecule has 3 nitrogen and oxygen atoms in total. The lowest BCUT2D eigenvalue weighted by Gasteiger charge is -2.39. The van der Waals surface area contributed by atoms with Gasteiger partial charge in [-0.2, -0.15) is 0 Å². The minimum atomic E-state index is 0.0749. The highest BCUT2D eigenvalue weighted by Gasteiger charge is 2.40. The summed E-state index contributed by atoms with van der Waals surface area (Å²) in [6.07, 6.45) is 5.33. The molecular formula is C10H14BrN3. The number of aromatic nitrogens is 2. The number of rotatable bonds is 2. The molecule has 0 aliphatic heterocycles. The van der Waals surface area contributed by atoms with E-state index in [9.17, 15) is 0 Å². The second-order valence-electron chi connectivity index (χ2n) is 3.96. The number of halogens is 1. The van der Waals surface area contributed by atoms with Crippen molar-refractivity contribution in [2.45, 2.75) is 31.6 Å². The molecule has 14 heavy (non-hydrogen) atoms. The van der Waals surface area contributed by atoms with Crippen molar-refractivity contribution in [3.05, 3.63) is 22.2 Å². The predicted octanol–water partition coefficient (Wildman–Crippen LogP) is 1.93. The van der Waals surface area contributed by atoms with Crippen LogP contribution in [-0.4, -0.2) is 16.5 Å². The quantitative estimate of drug-likeness (QED) is 0.879. The maximum absolute atomic E-state index is 5.80. The van der Waals surface area contributed by atoms with Crippen molar-refractivity contribution in [3.8, 4) is 0 Å². The highest BCUT2D eigenvalue weighted by atomic mass is 79.9. The van der Waals surface area contributed by atoms with Crippen LogP contribution in [0.2, 0.25) is 0 Å². The summed E-state index contributed by atoms with van der Waals surface area (Å²) in [6.45, 7) is 2.65. The van der Waals surface area contributed by atoms with Crippen molar-refractivity contribution in [2.75, 3.05) is 6.54 Å². The van der Waals surface area contributed by atoms with Gasteiger partial charge >= 0.3 is 0 Å². The van der Waals surface area contributed by atoms with Crippen LogP contribution in [0.3, 0.4) is 0 Å². The van der Waals surface area contributed by atoms with Gasteiger partial charge in [0.25, 0.3) is 0 Å². The van der Waals surface area contributed by atoms with Gasteiger partial charge in [0, 0.05) is 18.2 Å². The van der Waals surface area contributed by atoms with Crippen molar-refractivity contribution in [3.63, 3.8) is 0 Å². The molecule has 1 saturated carbocycles. The molecule has 0 amide bonds. The van der Waals surface area contributed by atoms with Crippen LogP contribution < -0.4 is 5.73 Å². The van der Waals surface area contributed by atoms with Gasteiger partial charge in [-0.25, -0.2) is 9.97 Å². The molecule has 1 aromatic rings. The van der Waals surface area contributed by atoms with Crippen molar-refractivity contribution in [1.82, 2.24) is 9.97 Å². The van der Waals surface area contributed by atoms with E-state index in [1.54, 1.807) is 0 Å². The summed E-state index contributed by atoms with van der Waals surface area (Å²) >= 11 is 3.40. The van der Waals surface area contributed by atoms with Crippen LogP contribution in [0.15, 0.2) is 10.7 Å². The molecule has 0 unspecified atom stereocenters. The van der Waals surface area contributed by atoms with Gasteiger partial charge < -0.3 is 5.73 Å². The van der Waals surface area contributed by atoms with Gasteiger partial charge in [0.15, 0.2) is 0 Å². The van der Waals surface area contributed by atoms with Crippen molar-refractivity contribution < 1.29 is 0 Å². The van der Waals surface area contributed by atoms with Crippen molar-refractivity contribution >= 4 is 15.9 Å². The zero-order valence-electron chi connectivity index (χ0n) is 8.26. The molecule has 1 aliphatic carbocycles. The van der Waals surface area contributed by atoms with Crippen LogP contribution in [0.4, 0.5) is 0 Å². The number of aryl methyl sites for hydroxylation is 1. The number of nitrogens with two attached hydrogens (primary N) is 1. The van der Waals surface area contributed by atoms with Crippen LogP contribution in [-0.2, 0) is 5.41 Å². The SMILES string of the molecule is Cc1nc(C2(CN)CCC2)ncc1Br. The Balaban J connectivity index is 2.36. The minimum absolute atomic E-state index is 0.0749. The molecule has 0 atom stereocenters. The summed E-state index contributed by atoms with van der Waals surface area (Å²) in [5.74, 6) is 0.923. The van der Waals surface area contributed by atoms with E-state index in [1.165, 1.54) is 6.42 Å². The van der Waals surface area contributed by atoms with E-state index >= 15 is 0 Å². The normalized spacial score (nSPS) is 19.1. The second-order valence-corrected chi connectivity index (χ2v) is 4.82. The Labute approximate surface area is 92.3 Å². The molecule has 1 aliphatic rings. The van der Waals surface area contributed by atoms with E-state index in [0.717, 1.165) is 28.8 Å². The van der Waals surface area contributed by atoms with Crippen LogP contribution in [0, 0.1) is 6.92 Å². The molecule has 0 saturated heterocycles. The average molecular weight is 256 g/mol. The van der Waals surface area contributed by atoms with Gasteiger partial charge in [0.2, 0.25) is 0 Å². The Kier molecular flexibility index (Phi) is 2.58. The Bertz CT molecular complexity index is 342. The number of nitrogens with zero attached hydrogens (tertiary/aromatic N) is 2. The van der Waals surface area contributed by atoms with E-state index in [1.807, 2.05) is 13.1 Å². The summed E-state index contributed by atoms with van der Waals surface area (Å²) in [4.78, 5) is 8.87. The second kappa shape index (κ2) is 3.59. The molecule has 2 N–H and O–H groups in total. The molecule has 1 fully saturated rings. The Morgan fingerprint density at radius 2 is 2.29 bits per heavy atom. The van der Waals surface area contributed by atoms with Crippen LogP contribution >= 0.6 is 15.9 Å². The first-order chi connectivity index (χ1) is 6.68. The van der Waals surface area contributed by atoms with Gasteiger partial charge in [0.05, 0.1) is 10.2 Å². The third kappa shape index (κ3) is 1.46. The predicted molar refractivity (Wildman–Crippen MR) is 59.1 cm³/mol. The maximum atomic E-state index is 5.80. The van der Waals surface area contributed by atoms with Gasteiger partial charge in [-0.05, 0) is 35.7 Å². The highest BCUT2D eigenvalue weighted by molar-refractivity contribution is 9.10. The summed E-state index contributed by atoms with van der Waals surface area (Å²) in [5.41, 5.74) is 6.87. The van der Waals surface area contributed by atoms with E-state index in [0.29, 0.717) is 6.54 Å². The lowest BCUT2D eigenvalue weighted by atomic mass is 9.68. The van der Waals surface area contributed by atoms with Gasteiger partial charge in [-0.3, -0.25) is 0 Å². The summed E-state index contributed by atoms with van der Waals surface area (Å²) < 4.78 is 0.966. The first-order valence-electron chi connectivity index (χ1n) is 4.88. The molecule has 0 spiro atoms. The van der Waals surface area contributed by atoms with Gasteiger partial charge in [-0.1, -0.05) is 6.42 Å². The van der Waals surface area contributed by atoms with E-state index in [4.69, 9.17) is 5.73 Å². The number of hydrogen-bond acceptors (Lipinski definition) is 3. The lowest BCUT2D eigenvalue weighted by Crippen LogP contribution is -2.43. The minimum Gasteiger partial charge on any atom is -0.329 e. The molecule has 2 rings (SSSR count). The van der Waals surface area contributed by atoms with Gasteiger partial charge in [-0.15, -0.1) is 0 Å². The van der Waals surface area contributed by atoms with Gasteiger partial charge in [0.1, 0.15) is 5.82 Å². The standard InChI is InChI=1S/C10H14BrN3/c1-7-8(11)5-13-9(14-7)10(6-12)3-2-4-10/h5H,2-4,6,12H2,1H3. The zero-order valence-corrected chi connectivity index (χ0v) is 9.84. The van der Waals surface area contributed by atoms with Crippen molar-refractivity contribution in [2.24, 2.45) is 5.73 Å². The Morgan fingerprint density at radius 1 is 1.57 bits per heavy atom. The summed E-state index contributed by atoms with van der Waals surface area (Å²) in [7, 11) is 0. The maximum Gasteiger partial charge on any atom is 0.136 e. The average Bonchev–Trinajstić information content (AvgIpc) is 2.10. The van der Waals surface area contributed by atoms with Crippen LogP contribution in [0.25, 0.3) is 0 Å². The molecule has 0 radical (unpaired) electrons. The molecule has 76 valence electrons. The topological polar surface area (TPSA) is 51.8 Å². The fourth-order valence-electron chi connectivity index (χ4n) is 1.83. The fourth-order valence-corrected chi connectivity index (χ4v) is 2.02. The zero-order chi connectivity index (χ0) is 10.2. The molecule has 0 aromatic carbocycles.